The minimum atomic E-state index is -0.215. The molecule has 0 bridgehead atoms. The van der Waals surface area contributed by atoms with Gasteiger partial charge >= 0.3 is 0 Å². The lowest BCUT2D eigenvalue weighted by atomic mass is 10.0. The van der Waals surface area contributed by atoms with Gasteiger partial charge in [-0.05, 0) is 64.2 Å². The molecular formula is C12H12Br2N4O. The molecule has 0 spiro atoms. The number of hydrogen-bond acceptors (Lipinski definition) is 5. The van der Waals surface area contributed by atoms with E-state index >= 15 is 0 Å². The third-order valence-corrected chi connectivity index (χ3v) is 4.32. The van der Waals surface area contributed by atoms with E-state index < -0.39 is 0 Å². The van der Waals surface area contributed by atoms with Crippen LogP contribution in [0.5, 0.6) is 0 Å². The van der Waals surface area contributed by atoms with Gasteiger partial charge in [-0.3, -0.25) is 4.98 Å². The van der Waals surface area contributed by atoms with Crippen molar-refractivity contribution < 1.29 is 4.52 Å². The highest BCUT2D eigenvalue weighted by Gasteiger charge is 2.36. The van der Waals surface area contributed by atoms with Gasteiger partial charge in [0.15, 0.2) is 0 Å². The number of nitrogens with zero attached hydrogens (tertiary/aromatic N) is 3. The zero-order chi connectivity index (χ0) is 13.5. The summed E-state index contributed by atoms with van der Waals surface area (Å²) >= 11 is 6.83. The molecule has 1 N–H and O–H groups in total. The second-order valence-corrected chi connectivity index (χ2v) is 6.54. The molecule has 0 aliphatic carbocycles. The smallest absolute Gasteiger partial charge is 0.247 e. The molecule has 3 rings (SSSR count). The lowest BCUT2D eigenvalue weighted by molar-refractivity contribution is 0.275. The van der Waals surface area contributed by atoms with Gasteiger partial charge in [0.1, 0.15) is 5.69 Å². The average Bonchev–Trinajstić information content (AvgIpc) is 2.99. The first kappa shape index (κ1) is 13.2. The number of hydrogen-bond donors (Lipinski definition) is 1. The average molecular weight is 388 g/mol. The summed E-state index contributed by atoms with van der Waals surface area (Å²) in [7, 11) is 0. The molecule has 1 atom stereocenters. The predicted octanol–water partition coefficient (Wildman–Crippen LogP) is 3.26. The summed E-state index contributed by atoms with van der Waals surface area (Å²) in [6, 6.07) is 1.91. The number of halogens is 2. The van der Waals surface area contributed by atoms with Crippen molar-refractivity contribution in [2.24, 2.45) is 0 Å². The molecule has 5 nitrogen and oxygen atoms in total. The second kappa shape index (κ2) is 4.96. The molecule has 1 fully saturated rings. The van der Waals surface area contributed by atoms with E-state index in [1.54, 1.807) is 6.20 Å². The number of nitrogens with one attached hydrogen (secondary N) is 1. The van der Waals surface area contributed by atoms with Gasteiger partial charge in [-0.25, -0.2) is 0 Å². The fourth-order valence-electron chi connectivity index (χ4n) is 2.20. The maximum atomic E-state index is 5.40. The Morgan fingerprint density at radius 2 is 2.26 bits per heavy atom. The Bertz CT molecular complexity index is 608. The molecule has 1 aliphatic rings. The van der Waals surface area contributed by atoms with Crippen LogP contribution in [0.25, 0.3) is 11.5 Å². The van der Waals surface area contributed by atoms with Crippen LogP contribution in [0.1, 0.15) is 25.7 Å². The molecule has 0 aromatic carbocycles. The zero-order valence-corrected chi connectivity index (χ0v) is 13.5. The first-order chi connectivity index (χ1) is 9.08. The van der Waals surface area contributed by atoms with Crippen LogP contribution in [0.15, 0.2) is 25.7 Å². The highest BCUT2D eigenvalue weighted by molar-refractivity contribution is 9.11. The molecule has 2 aromatic heterocycles. The van der Waals surface area contributed by atoms with Crippen LogP contribution >= 0.6 is 31.9 Å². The first-order valence-corrected chi connectivity index (χ1v) is 7.58. The number of aromatic nitrogens is 3. The SMILES string of the molecule is CC1(c2nc(-c3ncc(Br)cc3Br)no2)CCCN1. The van der Waals surface area contributed by atoms with Gasteiger partial charge in [0, 0.05) is 15.1 Å². The maximum Gasteiger partial charge on any atom is 0.247 e. The Morgan fingerprint density at radius 1 is 1.42 bits per heavy atom. The third-order valence-electron chi connectivity index (χ3n) is 3.29. The van der Waals surface area contributed by atoms with Gasteiger partial charge in [-0.1, -0.05) is 5.16 Å². The van der Waals surface area contributed by atoms with E-state index in [2.05, 4.69) is 59.2 Å². The molecule has 1 saturated heterocycles. The summed E-state index contributed by atoms with van der Waals surface area (Å²) < 4.78 is 7.13. The van der Waals surface area contributed by atoms with Gasteiger partial charge in [0.05, 0.1) is 5.54 Å². The van der Waals surface area contributed by atoms with Crippen molar-refractivity contribution in [3.05, 3.63) is 27.1 Å². The normalized spacial score (nSPS) is 22.9. The van der Waals surface area contributed by atoms with Crippen LogP contribution in [0, 0.1) is 0 Å². The minimum absolute atomic E-state index is 0.215. The highest BCUT2D eigenvalue weighted by Crippen LogP contribution is 2.32. The lowest BCUT2D eigenvalue weighted by Gasteiger charge is -2.18. The molecule has 7 heteroatoms. The van der Waals surface area contributed by atoms with E-state index in [0.29, 0.717) is 17.4 Å². The third kappa shape index (κ3) is 2.46. The summed E-state index contributed by atoms with van der Waals surface area (Å²) in [6.07, 6.45) is 3.84. The Hall–Kier alpha value is -0.790. The van der Waals surface area contributed by atoms with E-state index in [4.69, 9.17) is 4.52 Å². The van der Waals surface area contributed by atoms with Crippen LogP contribution in [0.3, 0.4) is 0 Å². The van der Waals surface area contributed by atoms with E-state index in [9.17, 15) is 0 Å². The molecular weight excluding hydrogens is 376 g/mol. The summed E-state index contributed by atoms with van der Waals surface area (Å²) in [6.45, 7) is 3.07. The van der Waals surface area contributed by atoms with Gasteiger partial charge < -0.3 is 9.84 Å². The van der Waals surface area contributed by atoms with Crippen molar-refractivity contribution >= 4 is 31.9 Å². The number of rotatable bonds is 2. The second-order valence-electron chi connectivity index (χ2n) is 4.77. The minimum Gasteiger partial charge on any atom is -0.337 e. The molecule has 19 heavy (non-hydrogen) atoms. The summed E-state index contributed by atoms with van der Waals surface area (Å²) in [5, 5.41) is 7.43. The highest BCUT2D eigenvalue weighted by atomic mass is 79.9. The fourth-order valence-corrected chi connectivity index (χ4v) is 3.36. The fraction of sp³-hybridized carbons (Fsp3) is 0.417. The van der Waals surface area contributed by atoms with E-state index in [-0.39, 0.29) is 5.54 Å². The standard InChI is InChI=1S/C12H12Br2N4O/c1-12(3-2-4-16-12)11-17-10(18-19-11)9-8(14)5-7(13)6-15-9/h5-6,16H,2-4H2,1H3. The molecule has 0 saturated carbocycles. The zero-order valence-electron chi connectivity index (χ0n) is 10.3. The maximum absolute atomic E-state index is 5.40. The van der Waals surface area contributed by atoms with Crippen molar-refractivity contribution in [3.8, 4) is 11.5 Å². The van der Waals surface area contributed by atoms with Gasteiger partial charge in [-0.15, -0.1) is 0 Å². The van der Waals surface area contributed by atoms with Crippen LogP contribution in [-0.4, -0.2) is 21.7 Å². The Morgan fingerprint density at radius 3 is 2.95 bits per heavy atom. The summed E-state index contributed by atoms with van der Waals surface area (Å²) in [5.41, 5.74) is 0.465. The largest absolute Gasteiger partial charge is 0.337 e. The Balaban J connectivity index is 1.97. The van der Waals surface area contributed by atoms with Crippen molar-refractivity contribution in [1.82, 2.24) is 20.4 Å². The Labute approximate surface area is 127 Å². The number of pyridine rings is 1. The van der Waals surface area contributed by atoms with Crippen LogP contribution < -0.4 is 5.32 Å². The Kier molecular flexibility index (Phi) is 3.44. The van der Waals surface area contributed by atoms with E-state index in [1.165, 1.54) is 0 Å². The van der Waals surface area contributed by atoms with Crippen molar-refractivity contribution in [3.63, 3.8) is 0 Å². The van der Waals surface area contributed by atoms with Crippen LogP contribution in [-0.2, 0) is 5.54 Å². The molecule has 0 radical (unpaired) electrons. The molecule has 0 amide bonds. The quantitative estimate of drug-likeness (QED) is 0.856. The van der Waals surface area contributed by atoms with Gasteiger partial charge in [0.2, 0.25) is 11.7 Å². The lowest BCUT2D eigenvalue weighted by Crippen LogP contribution is -2.33. The molecule has 2 aromatic rings. The van der Waals surface area contributed by atoms with E-state index in [1.807, 2.05) is 6.07 Å². The van der Waals surface area contributed by atoms with Crippen molar-refractivity contribution in [2.75, 3.05) is 6.54 Å². The topological polar surface area (TPSA) is 63.8 Å². The van der Waals surface area contributed by atoms with Gasteiger partial charge in [0.25, 0.3) is 0 Å². The van der Waals surface area contributed by atoms with Crippen LogP contribution in [0.2, 0.25) is 0 Å². The molecule has 100 valence electrons. The molecule has 3 heterocycles. The summed E-state index contributed by atoms with van der Waals surface area (Å²) in [4.78, 5) is 8.79. The monoisotopic (exact) mass is 386 g/mol. The predicted molar refractivity (Wildman–Crippen MR) is 77.5 cm³/mol. The molecule has 1 unspecified atom stereocenters. The van der Waals surface area contributed by atoms with Gasteiger partial charge in [-0.2, -0.15) is 4.98 Å². The van der Waals surface area contributed by atoms with E-state index in [0.717, 1.165) is 28.3 Å². The van der Waals surface area contributed by atoms with Crippen molar-refractivity contribution in [2.45, 2.75) is 25.3 Å². The molecule has 1 aliphatic heterocycles. The summed E-state index contributed by atoms with van der Waals surface area (Å²) in [5.74, 6) is 1.13. The van der Waals surface area contributed by atoms with Crippen molar-refractivity contribution in [1.29, 1.82) is 0 Å². The van der Waals surface area contributed by atoms with Crippen LogP contribution in [0.4, 0.5) is 0 Å². The first-order valence-electron chi connectivity index (χ1n) is 5.99.